The Balaban J connectivity index is 2.38. The van der Waals surface area contributed by atoms with Crippen molar-refractivity contribution in [1.82, 2.24) is 4.98 Å². The van der Waals surface area contributed by atoms with E-state index in [9.17, 15) is 18.3 Å². The van der Waals surface area contributed by atoms with Gasteiger partial charge in [0.2, 0.25) is 0 Å². The van der Waals surface area contributed by atoms with Gasteiger partial charge in [0.1, 0.15) is 10.8 Å². The second-order valence-electron chi connectivity index (χ2n) is 5.74. The topological polar surface area (TPSA) is 33.1 Å². The minimum atomic E-state index is -4.53. The molecule has 1 aromatic heterocycles. The number of aromatic nitrogens is 1. The van der Waals surface area contributed by atoms with Crippen LogP contribution in [0, 0.1) is 11.8 Å². The van der Waals surface area contributed by atoms with Gasteiger partial charge in [-0.2, -0.15) is 13.2 Å². The number of nitrogens with zero attached hydrogens (tertiary/aromatic N) is 1. The SMILES string of the molecule is CC1CCC(O)(c2ccc(C(F)(F)F)nc2Cl)C(C)C1. The van der Waals surface area contributed by atoms with Crippen molar-refractivity contribution in [3.05, 3.63) is 28.5 Å². The first-order valence-corrected chi connectivity index (χ1v) is 6.99. The van der Waals surface area contributed by atoms with Crippen LogP contribution in [0.25, 0.3) is 0 Å². The highest BCUT2D eigenvalue weighted by molar-refractivity contribution is 6.30. The van der Waals surface area contributed by atoms with Crippen molar-refractivity contribution < 1.29 is 18.3 Å². The molecule has 1 aliphatic carbocycles. The van der Waals surface area contributed by atoms with Crippen LogP contribution < -0.4 is 0 Å². The maximum Gasteiger partial charge on any atom is 0.433 e. The van der Waals surface area contributed by atoms with E-state index in [1.54, 1.807) is 0 Å². The first-order valence-electron chi connectivity index (χ1n) is 6.61. The monoisotopic (exact) mass is 307 g/mol. The lowest BCUT2D eigenvalue weighted by molar-refractivity contribution is -0.141. The second kappa shape index (κ2) is 5.19. The molecule has 0 bridgehead atoms. The van der Waals surface area contributed by atoms with Crippen LogP contribution in [-0.4, -0.2) is 10.1 Å². The molecule has 0 aliphatic heterocycles. The molecule has 112 valence electrons. The molecule has 1 fully saturated rings. The first-order chi connectivity index (χ1) is 9.14. The largest absolute Gasteiger partial charge is 0.433 e. The van der Waals surface area contributed by atoms with Crippen molar-refractivity contribution >= 4 is 11.6 Å². The molecule has 3 atom stereocenters. The van der Waals surface area contributed by atoms with E-state index in [0.29, 0.717) is 17.9 Å². The van der Waals surface area contributed by atoms with Crippen molar-refractivity contribution in [3.63, 3.8) is 0 Å². The lowest BCUT2D eigenvalue weighted by Gasteiger charge is -2.41. The molecule has 0 radical (unpaired) electrons. The number of hydrogen-bond donors (Lipinski definition) is 1. The van der Waals surface area contributed by atoms with Crippen LogP contribution in [-0.2, 0) is 11.8 Å². The van der Waals surface area contributed by atoms with E-state index in [-0.39, 0.29) is 11.1 Å². The summed E-state index contributed by atoms with van der Waals surface area (Å²) in [6.07, 6.45) is -2.41. The predicted molar refractivity (Wildman–Crippen MR) is 70.3 cm³/mol. The van der Waals surface area contributed by atoms with Gasteiger partial charge in [0, 0.05) is 5.56 Å². The molecule has 1 N–H and O–H groups in total. The standard InChI is InChI=1S/C14H17ClF3NO/c1-8-5-6-13(20,9(2)7-8)10-3-4-11(14(16,17)18)19-12(10)15/h3-4,8-9,20H,5-7H2,1-2H3. The Morgan fingerprint density at radius 2 is 2.00 bits per heavy atom. The van der Waals surface area contributed by atoms with Crippen molar-refractivity contribution in [1.29, 1.82) is 0 Å². The second-order valence-corrected chi connectivity index (χ2v) is 6.10. The highest BCUT2D eigenvalue weighted by atomic mass is 35.5. The zero-order chi connectivity index (χ0) is 15.1. The van der Waals surface area contributed by atoms with Crippen LogP contribution in [0.1, 0.15) is 44.4 Å². The number of aliphatic hydroxyl groups is 1. The molecule has 2 rings (SSSR count). The summed E-state index contributed by atoms with van der Waals surface area (Å²) < 4.78 is 37.7. The maximum atomic E-state index is 12.6. The number of pyridine rings is 1. The van der Waals surface area contributed by atoms with Gasteiger partial charge < -0.3 is 5.11 Å². The third-order valence-electron chi connectivity index (χ3n) is 4.20. The molecule has 20 heavy (non-hydrogen) atoms. The van der Waals surface area contributed by atoms with Crippen molar-refractivity contribution in [2.45, 2.75) is 44.9 Å². The van der Waals surface area contributed by atoms with Crippen LogP contribution in [0.5, 0.6) is 0 Å². The number of alkyl halides is 3. The Morgan fingerprint density at radius 1 is 1.35 bits per heavy atom. The van der Waals surface area contributed by atoms with Crippen LogP contribution in [0.2, 0.25) is 5.15 Å². The summed E-state index contributed by atoms with van der Waals surface area (Å²) in [5, 5.41) is 10.5. The molecule has 0 saturated heterocycles. The molecular formula is C14H17ClF3NO. The summed E-state index contributed by atoms with van der Waals surface area (Å²) in [4.78, 5) is 3.40. The molecule has 3 unspecified atom stereocenters. The van der Waals surface area contributed by atoms with Crippen molar-refractivity contribution in [2.24, 2.45) is 11.8 Å². The summed E-state index contributed by atoms with van der Waals surface area (Å²) in [5.41, 5.74) is -1.93. The Kier molecular flexibility index (Phi) is 4.04. The maximum absolute atomic E-state index is 12.6. The van der Waals surface area contributed by atoms with Crippen LogP contribution in [0.3, 0.4) is 0 Å². The minimum absolute atomic E-state index is 0.0673. The van der Waals surface area contributed by atoms with Gasteiger partial charge in [-0.05, 0) is 37.2 Å². The molecule has 0 amide bonds. The smallest absolute Gasteiger partial charge is 0.385 e. The van der Waals surface area contributed by atoms with Crippen LogP contribution in [0.15, 0.2) is 12.1 Å². The van der Waals surface area contributed by atoms with Gasteiger partial charge in [0.15, 0.2) is 0 Å². The molecule has 1 aliphatic rings. The zero-order valence-electron chi connectivity index (χ0n) is 11.3. The summed E-state index contributed by atoms with van der Waals surface area (Å²) in [5.74, 6) is 0.425. The summed E-state index contributed by atoms with van der Waals surface area (Å²) >= 11 is 5.89. The van der Waals surface area contributed by atoms with Gasteiger partial charge in [-0.15, -0.1) is 0 Å². The minimum Gasteiger partial charge on any atom is -0.385 e. The molecule has 0 spiro atoms. The third-order valence-corrected chi connectivity index (χ3v) is 4.48. The summed E-state index contributed by atoms with van der Waals surface area (Å²) in [6, 6.07) is 2.13. The average molecular weight is 308 g/mol. The number of rotatable bonds is 1. The van der Waals surface area contributed by atoms with Crippen molar-refractivity contribution in [2.75, 3.05) is 0 Å². The molecule has 6 heteroatoms. The molecular weight excluding hydrogens is 291 g/mol. The van der Waals surface area contributed by atoms with E-state index in [1.807, 2.05) is 6.92 Å². The average Bonchev–Trinajstić information content (AvgIpc) is 2.33. The van der Waals surface area contributed by atoms with Gasteiger partial charge >= 0.3 is 6.18 Å². The van der Waals surface area contributed by atoms with Gasteiger partial charge in [-0.25, -0.2) is 4.98 Å². The van der Waals surface area contributed by atoms with E-state index < -0.39 is 17.5 Å². The predicted octanol–water partition coefficient (Wildman–Crippen LogP) is 4.40. The Hall–Kier alpha value is -0.810. The molecule has 1 aromatic rings. The van der Waals surface area contributed by atoms with Gasteiger partial charge in [0.05, 0.1) is 5.60 Å². The summed E-state index contributed by atoms with van der Waals surface area (Å²) in [7, 11) is 0. The van der Waals surface area contributed by atoms with Gasteiger partial charge in [0.25, 0.3) is 0 Å². The highest BCUT2D eigenvalue weighted by Crippen LogP contribution is 2.45. The lowest BCUT2D eigenvalue weighted by atomic mass is 9.69. The first kappa shape index (κ1) is 15.6. The highest BCUT2D eigenvalue weighted by Gasteiger charge is 2.42. The third kappa shape index (κ3) is 2.79. The summed E-state index contributed by atoms with van der Waals surface area (Å²) in [6.45, 7) is 3.99. The van der Waals surface area contributed by atoms with Crippen LogP contribution >= 0.6 is 11.6 Å². The van der Waals surface area contributed by atoms with E-state index >= 15 is 0 Å². The molecule has 1 heterocycles. The fourth-order valence-electron chi connectivity index (χ4n) is 2.94. The van der Waals surface area contributed by atoms with E-state index in [4.69, 9.17) is 11.6 Å². The van der Waals surface area contributed by atoms with E-state index in [0.717, 1.165) is 18.9 Å². The lowest BCUT2D eigenvalue weighted by Crippen LogP contribution is -2.39. The van der Waals surface area contributed by atoms with Crippen molar-refractivity contribution in [3.8, 4) is 0 Å². The number of halogens is 4. The van der Waals surface area contributed by atoms with Crippen LogP contribution in [0.4, 0.5) is 13.2 Å². The quantitative estimate of drug-likeness (QED) is 0.780. The van der Waals surface area contributed by atoms with E-state index in [2.05, 4.69) is 11.9 Å². The van der Waals surface area contributed by atoms with Gasteiger partial charge in [-0.1, -0.05) is 31.5 Å². The Labute approximate surface area is 121 Å². The molecule has 0 aromatic carbocycles. The molecule has 1 saturated carbocycles. The Bertz CT molecular complexity index is 506. The Morgan fingerprint density at radius 3 is 2.50 bits per heavy atom. The zero-order valence-corrected chi connectivity index (χ0v) is 12.1. The molecule has 2 nitrogen and oxygen atoms in total. The fraction of sp³-hybridized carbons (Fsp3) is 0.643. The van der Waals surface area contributed by atoms with E-state index in [1.165, 1.54) is 6.07 Å². The fourth-order valence-corrected chi connectivity index (χ4v) is 3.26. The van der Waals surface area contributed by atoms with Gasteiger partial charge in [-0.3, -0.25) is 0 Å². The number of hydrogen-bond acceptors (Lipinski definition) is 2. The normalized spacial score (nSPS) is 31.4.